The van der Waals surface area contributed by atoms with Crippen molar-refractivity contribution < 1.29 is 14.3 Å². The first-order valence-electron chi connectivity index (χ1n) is 8.47. The van der Waals surface area contributed by atoms with Crippen molar-refractivity contribution in [3.8, 4) is 11.5 Å². The molecule has 0 unspecified atom stereocenters. The molecule has 0 heterocycles. The van der Waals surface area contributed by atoms with Crippen LogP contribution in [-0.4, -0.2) is 45.2 Å². The lowest BCUT2D eigenvalue weighted by molar-refractivity contribution is 0.0951. The third kappa shape index (κ3) is 5.75. The first kappa shape index (κ1) is 20.3. The zero-order valence-corrected chi connectivity index (χ0v) is 17.0. The Morgan fingerprint density at radius 1 is 1.12 bits per heavy atom. The molecule has 5 nitrogen and oxygen atoms in total. The molecule has 0 aliphatic carbocycles. The molecule has 6 heteroatoms. The van der Waals surface area contributed by atoms with Gasteiger partial charge in [-0.05, 0) is 53.6 Å². The standard InChI is InChI=1S/C20H25BrN2O3/c1-23(14-15-8-5-4-6-9-15)11-7-10-22-20(24)16-12-17(25-2)19(21)18(13-16)26-3/h4-6,8-9,12-13H,7,10-11,14H2,1-3H3,(H,22,24). The lowest BCUT2D eigenvalue weighted by Crippen LogP contribution is -2.28. The van der Waals surface area contributed by atoms with E-state index in [0.717, 1.165) is 19.5 Å². The maximum absolute atomic E-state index is 12.4. The number of nitrogens with zero attached hydrogens (tertiary/aromatic N) is 1. The summed E-state index contributed by atoms with van der Waals surface area (Å²) in [7, 11) is 5.20. The van der Waals surface area contributed by atoms with Crippen molar-refractivity contribution in [3.05, 3.63) is 58.1 Å². The summed E-state index contributed by atoms with van der Waals surface area (Å²) in [6, 6.07) is 13.7. The fraction of sp³-hybridized carbons (Fsp3) is 0.350. The van der Waals surface area contributed by atoms with Crippen molar-refractivity contribution in [2.24, 2.45) is 0 Å². The normalized spacial score (nSPS) is 10.7. The van der Waals surface area contributed by atoms with E-state index in [2.05, 4.69) is 45.3 Å². The average Bonchev–Trinajstić information content (AvgIpc) is 2.66. The molecular weight excluding hydrogens is 396 g/mol. The Morgan fingerprint density at radius 3 is 2.31 bits per heavy atom. The molecule has 0 radical (unpaired) electrons. The van der Waals surface area contributed by atoms with Crippen LogP contribution in [0.2, 0.25) is 0 Å². The Labute approximate surface area is 163 Å². The van der Waals surface area contributed by atoms with Crippen LogP contribution in [-0.2, 0) is 6.54 Å². The van der Waals surface area contributed by atoms with E-state index in [1.165, 1.54) is 5.56 Å². The van der Waals surface area contributed by atoms with Gasteiger partial charge < -0.3 is 19.7 Å². The zero-order chi connectivity index (χ0) is 18.9. The highest BCUT2D eigenvalue weighted by molar-refractivity contribution is 9.10. The molecule has 1 amide bonds. The summed E-state index contributed by atoms with van der Waals surface area (Å²) in [5, 5.41) is 2.95. The van der Waals surface area contributed by atoms with Gasteiger partial charge in [0, 0.05) is 18.7 Å². The van der Waals surface area contributed by atoms with E-state index in [0.29, 0.717) is 28.1 Å². The monoisotopic (exact) mass is 420 g/mol. The first-order chi connectivity index (χ1) is 12.5. The van der Waals surface area contributed by atoms with Crippen LogP contribution in [0.25, 0.3) is 0 Å². The van der Waals surface area contributed by atoms with Crippen molar-refractivity contribution in [2.75, 3.05) is 34.4 Å². The van der Waals surface area contributed by atoms with E-state index < -0.39 is 0 Å². The fourth-order valence-electron chi connectivity index (χ4n) is 2.63. The third-order valence-corrected chi connectivity index (χ3v) is 4.79. The molecule has 0 aliphatic rings. The number of amides is 1. The van der Waals surface area contributed by atoms with E-state index in [1.807, 2.05) is 18.2 Å². The molecule has 0 aliphatic heterocycles. The van der Waals surface area contributed by atoms with E-state index in [1.54, 1.807) is 26.4 Å². The van der Waals surface area contributed by atoms with Gasteiger partial charge in [0.2, 0.25) is 0 Å². The summed E-state index contributed by atoms with van der Waals surface area (Å²) in [4.78, 5) is 14.6. The second kappa shape index (κ2) is 10.2. The number of carbonyl (C=O) groups excluding carboxylic acids is 1. The lowest BCUT2D eigenvalue weighted by atomic mass is 10.2. The zero-order valence-electron chi connectivity index (χ0n) is 15.4. The van der Waals surface area contributed by atoms with Gasteiger partial charge in [0.1, 0.15) is 16.0 Å². The Bertz CT molecular complexity index is 697. The van der Waals surface area contributed by atoms with Crippen LogP contribution in [0.5, 0.6) is 11.5 Å². The largest absolute Gasteiger partial charge is 0.495 e. The van der Waals surface area contributed by atoms with Gasteiger partial charge in [-0.15, -0.1) is 0 Å². The van der Waals surface area contributed by atoms with Crippen molar-refractivity contribution in [3.63, 3.8) is 0 Å². The van der Waals surface area contributed by atoms with Gasteiger partial charge in [0.15, 0.2) is 0 Å². The number of hydrogen-bond acceptors (Lipinski definition) is 4. The van der Waals surface area contributed by atoms with E-state index in [4.69, 9.17) is 9.47 Å². The number of nitrogens with one attached hydrogen (secondary N) is 1. The molecule has 2 aromatic rings. The number of benzene rings is 2. The highest BCUT2D eigenvalue weighted by Gasteiger charge is 2.14. The van der Waals surface area contributed by atoms with Crippen LogP contribution in [0.4, 0.5) is 0 Å². The van der Waals surface area contributed by atoms with E-state index >= 15 is 0 Å². The molecular formula is C20H25BrN2O3. The SMILES string of the molecule is COc1cc(C(=O)NCCCN(C)Cc2ccccc2)cc(OC)c1Br. The van der Waals surface area contributed by atoms with Crippen molar-refractivity contribution in [1.29, 1.82) is 0 Å². The van der Waals surface area contributed by atoms with Gasteiger partial charge in [-0.1, -0.05) is 30.3 Å². The second-order valence-corrected chi connectivity index (χ2v) is 6.82. The Hall–Kier alpha value is -2.05. The van der Waals surface area contributed by atoms with Crippen LogP contribution < -0.4 is 14.8 Å². The molecule has 140 valence electrons. The molecule has 0 saturated heterocycles. The quantitative estimate of drug-likeness (QED) is 0.628. The van der Waals surface area contributed by atoms with Crippen molar-refractivity contribution in [1.82, 2.24) is 10.2 Å². The number of ether oxygens (including phenoxy) is 2. The molecule has 0 fully saturated rings. The third-order valence-electron chi connectivity index (χ3n) is 4.01. The Balaban J connectivity index is 1.81. The second-order valence-electron chi connectivity index (χ2n) is 6.03. The van der Waals surface area contributed by atoms with Crippen LogP contribution in [0.15, 0.2) is 46.9 Å². The van der Waals surface area contributed by atoms with Gasteiger partial charge in [-0.3, -0.25) is 4.79 Å². The van der Waals surface area contributed by atoms with Crippen LogP contribution >= 0.6 is 15.9 Å². The average molecular weight is 421 g/mol. The summed E-state index contributed by atoms with van der Waals surface area (Å²) < 4.78 is 11.3. The minimum Gasteiger partial charge on any atom is -0.495 e. The lowest BCUT2D eigenvalue weighted by Gasteiger charge is -2.17. The van der Waals surface area contributed by atoms with E-state index in [9.17, 15) is 4.79 Å². The minimum absolute atomic E-state index is 0.139. The van der Waals surface area contributed by atoms with Gasteiger partial charge in [0.25, 0.3) is 5.91 Å². The van der Waals surface area contributed by atoms with Crippen molar-refractivity contribution >= 4 is 21.8 Å². The summed E-state index contributed by atoms with van der Waals surface area (Å²) >= 11 is 3.40. The summed E-state index contributed by atoms with van der Waals surface area (Å²) in [5.74, 6) is 0.994. The smallest absolute Gasteiger partial charge is 0.251 e. The Morgan fingerprint density at radius 2 is 1.73 bits per heavy atom. The summed E-state index contributed by atoms with van der Waals surface area (Å²) in [5.41, 5.74) is 1.80. The summed E-state index contributed by atoms with van der Waals surface area (Å²) in [6.07, 6.45) is 0.875. The molecule has 2 aromatic carbocycles. The minimum atomic E-state index is -0.139. The topological polar surface area (TPSA) is 50.8 Å². The number of rotatable bonds is 9. The molecule has 0 bridgehead atoms. The van der Waals surface area contributed by atoms with Crippen molar-refractivity contribution in [2.45, 2.75) is 13.0 Å². The molecule has 26 heavy (non-hydrogen) atoms. The number of carbonyl (C=O) groups is 1. The molecule has 0 atom stereocenters. The fourth-order valence-corrected chi connectivity index (χ4v) is 3.18. The molecule has 0 aromatic heterocycles. The first-order valence-corrected chi connectivity index (χ1v) is 9.26. The van der Waals surface area contributed by atoms with Gasteiger partial charge in [-0.25, -0.2) is 0 Å². The maximum Gasteiger partial charge on any atom is 0.251 e. The number of halogens is 1. The van der Waals surface area contributed by atoms with Gasteiger partial charge in [-0.2, -0.15) is 0 Å². The highest BCUT2D eigenvalue weighted by Crippen LogP contribution is 2.35. The predicted molar refractivity (Wildman–Crippen MR) is 107 cm³/mol. The molecule has 2 rings (SSSR count). The number of methoxy groups -OCH3 is 2. The molecule has 0 saturated carbocycles. The number of hydrogen-bond donors (Lipinski definition) is 1. The van der Waals surface area contributed by atoms with Crippen LogP contribution in [0.1, 0.15) is 22.3 Å². The Kier molecular flexibility index (Phi) is 7.94. The summed E-state index contributed by atoms with van der Waals surface area (Å²) in [6.45, 7) is 2.41. The predicted octanol–water partition coefficient (Wildman–Crippen LogP) is 3.72. The maximum atomic E-state index is 12.4. The van der Waals surface area contributed by atoms with E-state index in [-0.39, 0.29) is 5.91 Å². The van der Waals surface area contributed by atoms with Crippen LogP contribution in [0, 0.1) is 0 Å². The van der Waals surface area contributed by atoms with Gasteiger partial charge >= 0.3 is 0 Å². The highest BCUT2D eigenvalue weighted by atomic mass is 79.9. The van der Waals surface area contributed by atoms with Gasteiger partial charge in [0.05, 0.1) is 14.2 Å². The molecule has 0 spiro atoms. The van der Waals surface area contributed by atoms with Crippen LogP contribution in [0.3, 0.4) is 0 Å². The molecule has 1 N–H and O–H groups in total.